The maximum atomic E-state index is 12.8. The van der Waals surface area contributed by atoms with Gasteiger partial charge >= 0.3 is 6.03 Å². The summed E-state index contributed by atoms with van der Waals surface area (Å²) in [6, 6.07) is 10.9. The molecule has 2 saturated heterocycles. The molecule has 0 saturated carbocycles. The van der Waals surface area contributed by atoms with Crippen LogP contribution in [0.25, 0.3) is 0 Å². The summed E-state index contributed by atoms with van der Waals surface area (Å²) in [6.45, 7) is 6.15. The van der Waals surface area contributed by atoms with Crippen molar-refractivity contribution in [3.05, 3.63) is 35.9 Å². The van der Waals surface area contributed by atoms with Crippen LogP contribution in [0, 0.1) is 0 Å². The fourth-order valence-corrected chi connectivity index (χ4v) is 4.62. The molecule has 2 fully saturated rings. The van der Waals surface area contributed by atoms with Gasteiger partial charge in [0.25, 0.3) is 0 Å². The molecule has 5 nitrogen and oxygen atoms in total. The Labute approximate surface area is 161 Å². The first-order valence-electron chi connectivity index (χ1n) is 9.79. The minimum atomic E-state index is 0.110. The highest BCUT2D eigenvalue weighted by atomic mass is 32.2. The molecule has 1 atom stereocenters. The summed E-state index contributed by atoms with van der Waals surface area (Å²) >= 11 is 1.98. The molecule has 0 spiro atoms. The van der Waals surface area contributed by atoms with Crippen molar-refractivity contribution in [3.8, 4) is 0 Å². The Hall–Kier alpha value is -1.24. The third-order valence-corrected chi connectivity index (χ3v) is 6.23. The van der Waals surface area contributed by atoms with Gasteiger partial charge in [-0.1, -0.05) is 30.3 Å². The average molecular weight is 378 g/mol. The van der Waals surface area contributed by atoms with Crippen LogP contribution in [0.15, 0.2) is 30.3 Å². The van der Waals surface area contributed by atoms with E-state index < -0.39 is 0 Å². The number of benzene rings is 1. The van der Waals surface area contributed by atoms with E-state index in [2.05, 4.69) is 39.4 Å². The van der Waals surface area contributed by atoms with Crippen LogP contribution in [0.1, 0.15) is 18.4 Å². The van der Waals surface area contributed by atoms with Crippen molar-refractivity contribution in [1.29, 1.82) is 0 Å². The van der Waals surface area contributed by atoms with Crippen LogP contribution >= 0.6 is 11.8 Å². The first-order valence-corrected chi connectivity index (χ1v) is 10.9. The molecule has 144 valence electrons. The molecule has 1 aromatic carbocycles. The maximum Gasteiger partial charge on any atom is 0.317 e. The molecule has 3 rings (SSSR count). The van der Waals surface area contributed by atoms with Gasteiger partial charge < -0.3 is 15.0 Å². The third kappa shape index (κ3) is 6.18. The van der Waals surface area contributed by atoms with E-state index in [4.69, 9.17) is 4.74 Å². The van der Waals surface area contributed by atoms with Crippen molar-refractivity contribution in [2.75, 3.05) is 57.4 Å². The van der Waals surface area contributed by atoms with Gasteiger partial charge in [-0.2, -0.15) is 11.8 Å². The number of aryl methyl sites for hydroxylation is 1. The lowest BCUT2D eigenvalue weighted by molar-refractivity contribution is 0.0283. The van der Waals surface area contributed by atoms with Gasteiger partial charge in [0, 0.05) is 38.5 Å². The number of morpholine rings is 1. The number of nitrogens with one attached hydrogen (secondary N) is 1. The van der Waals surface area contributed by atoms with E-state index in [0.29, 0.717) is 6.04 Å². The SMILES string of the molecule is O=C(NCCCc1ccccc1)N1CCCSCC1CN1CCOCC1. The van der Waals surface area contributed by atoms with E-state index in [1.807, 2.05) is 17.8 Å². The Morgan fingerprint density at radius 1 is 1.19 bits per heavy atom. The minimum Gasteiger partial charge on any atom is -0.379 e. The molecule has 0 aliphatic carbocycles. The third-order valence-electron chi connectivity index (χ3n) is 5.03. The Kier molecular flexibility index (Phi) is 8.11. The lowest BCUT2D eigenvalue weighted by atomic mass is 10.1. The highest BCUT2D eigenvalue weighted by Crippen LogP contribution is 2.18. The number of hydrogen-bond donors (Lipinski definition) is 1. The zero-order valence-corrected chi connectivity index (χ0v) is 16.4. The normalized spacial score (nSPS) is 22.0. The molecule has 2 aliphatic rings. The highest BCUT2D eigenvalue weighted by molar-refractivity contribution is 7.99. The average Bonchev–Trinajstić information content (AvgIpc) is 2.92. The standard InChI is InChI=1S/C20H31N3O2S/c24-20(21-9-4-8-18-6-2-1-3-7-18)23-10-5-15-26-17-19(23)16-22-11-13-25-14-12-22/h1-3,6-7,19H,4-5,8-17H2,(H,21,24). The Bertz CT molecular complexity index is 537. The zero-order valence-electron chi connectivity index (χ0n) is 15.6. The summed E-state index contributed by atoms with van der Waals surface area (Å²) in [5.41, 5.74) is 1.33. The van der Waals surface area contributed by atoms with Crippen LogP contribution in [0.2, 0.25) is 0 Å². The first-order chi connectivity index (χ1) is 12.8. The van der Waals surface area contributed by atoms with Crippen molar-refractivity contribution < 1.29 is 9.53 Å². The molecular weight excluding hydrogens is 346 g/mol. The summed E-state index contributed by atoms with van der Waals surface area (Å²) in [5.74, 6) is 2.19. The topological polar surface area (TPSA) is 44.8 Å². The molecule has 1 aromatic rings. The molecule has 1 unspecified atom stereocenters. The van der Waals surface area contributed by atoms with Gasteiger partial charge in [-0.05, 0) is 30.6 Å². The first kappa shape index (κ1) is 19.5. The van der Waals surface area contributed by atoms with Crippen LogP contribution in [0.4, 0.5) is 4.79 Å². The van der Waals surface area contributed by atoms with E-state index in [0.717, 1.165) is 76.7 Å². The molecular formula is C20H31N3O2S. The van der Waals surface area contributed by atoms with Crippen molar-refractivity contribution in [1.82, 2.24) is 15.1 Å². The van der Waals surface area contributed by atoms with E-state index >= 15 is 0 Å². The lowest BCUT2D eigenvalue weighted by Gasteiger charge is -2.35. The molecule has 6 heteroatoms. The zero-order chi connectivity index (χ0) is 18.0. The van der Waals surface area contributed by atoms with Crippen LogP contribution in [0.3, 0.4) is 0 Å². The van der Waals surface area contributed by atoms with E-state index in [1.54, 1.807) is 0 Å². The number of urea groups is 1. The quantitative estimate of drug-likeness (QED) is 0.774. The summed E-state index contributed by atoms with van der Waals surface area (Å²) < 4.78 is 5.45. The molecule has 26 heavy (non-hydrogen) atoms. The second-order valence-electron chi connectivity index (χ2n) is 7.01. The number of rotatable bonds is 6. The highest BCUT2D eigenvalue weighted by Gasteiger charge is 2.27. The molecule has 0 bridgehead atoms. The van der Waals surface area contributed by atoms with Gasteiger partial charge in [-0.25, -0.2) is 4.79 Å². The van der Waals surface area contributed by atoms with Crippen molar-refractivity contribution in [2.24, 2.45) is 0 Å². The molecule has 2 heterocycles. The fraction of sp³-hybridized carbons (Fsp3) is 0.650. The summed E-state index contributed by atoms with van der Waals surface area (Å²) in [7, 11) is 0. The van der Waals surface area contributed by atoms with Crippen molar-refractivity contribution in [3.63, 3.8) is 0 Å². The van der Waals surface area contributed by atoms with Gasteiger partial charge in [0.05, 0.1) is 19.3 Å². The predicted octanol–water partition coefficient (Wildman–Crippen LogP) is 2.47. The Balaban J connectivity index is 1.46. The van der Waals surface area contributed by atoms with Crippen molar-refractivity contribution in [2.45, 2.75) is 25.3 Å². The number of hydrogen-bond acceptors (Lipinski definition) is 4. The summed E-state index contributed by atoms with van der Waals surface area (Å²) in [4.78, 5) is 17.3. The van der Waals surface area contributed by atoms with Gasteiger partial charge in [-0.3, -0.25) is 4.90 Å². The van der Waals surface area contributed by atoms with Gasteiger partial charge in [-0.15, -0.1) is 0 Å². The number of carbonyl (C=O) groups is 1. The van der Waals surface area contributed by atoms with Gasteiger partial charge in [0.15, 0.2) is 0 Å². The minimum absolute atomic E-state index is 0.110. The monoisotopic (exact) mass is 377 g/mol. The van der Waals surface area contributed by atoms with Gasteiger partial charge in [0.2, 0.25) is 0 Å². The van der Waals surface area contributed by atoms with E-state index in [-0.39, 0.29) is 6.03 Å². The van der Waals surface area contributed by atoms with Gasteiger partial charge in [0.1, 0.15) is 0 Å². The number of nitrogens with zero attached hydrogens (tertiary/aromatic N) is 2. The van der Waals surface area contributed by atoms with Crippen LogP contribution in [-0.2, 0) is 11.2 Å². The van der Waals surface area contributed by atoms with Crippen LogP contribution in [0.5, 0.6) is 0 Å². The van der Waals surface area contributed by atoms with Crippen LogP contribution in [-0.4, -0.2) is 79.3 Å². The number of thioether (sulfide) groups is 1. The van der Waals surface area contributed by atoms with Crippen molar-refractivity contribution >= 4 is 17.8 Å². The largest absolute Gasteiger partial charge is 0.379 e. The molecule has 0 radical (unpaired) electrons. The number of amides is 2. The van der Waals surface area contributed by atoms with E-state index in [9.17, 15) is 4.79 Å². The predicted molar refractivity (Wildman–Crippen MR) is 108 cm³/mol. The number of carbonyl (C=O) groups excluding carboxylic acids is 1. The van der Waals surface area contributed by atoms with Crippen LogP contribution < -0.4 is 5.32 Å². The summed E-state index contributed by atoms with van der Waals surface area (Å²) in [6.07, 6.45) is 3.07. The smallest absolute Gasteiger partial charge is 0.317 e. The lowest BCUT2D eigenvalue weighted by Crippen LogP contribution is -2.53. The molecule has 0 aromatic heterocycles. The van der Waals surface area contributed by atoms with E-state index in [1.165, 1.54) is 5.56 Å². The molecule has 2 aliphatic heterocycles. The number of ether oxygens (including phenoxy) is 1. The maximum absolute atomic E-state index is 12.8. The second-order valence-corrected chi connectivity index (χ2v) is 8.16. The molecule has 2 amide bonds. The Morgan fingerprint density at radius 3 is 2.81 bits per heavy atom. The fourth-order valence-electron chi connectivity index (χ4n) is 3.56. The Morgan fingerprint density at radius 2 is 2.00 bits per heavy atom. The summed E-state index contributed by atoms with van der Waals surface area (Å²) in [5, 5.41) is 3.15. The molecule has 1 N–H and O–H groups in total. The second kappa shape index (κ2) is 10.8.